The number of benzene rings is 1. The molecule has 1 rings (SSSR count). The maximum atomic E-state index is 5.48. The van der Waals surface area contributed by atoms with E-state index in [4.69, 9.17) is 18.0 Å². The summed E-state index contributed by atoms with van der Waals surface area (Å²) in [6, 6.07) is 10.3. The highest BCUT2D eigenvalue weighted by Gasteiger charge is 2.02. The predicted octanol–water partition coefficient (Wildman–Crippen LogP) is 2.19. The molecule has 2 nitrogen and oxygen atoms in total. The minimum absolute atomic E-state index is 0.583. The zero-order valence-electron chi connectivity index (χ0n) is 8.44. The van der Waals surface area contributed by atoms with Crippen molar-refractivity contribution in [2.75, 3.05) is 18.0 Å². The van der Waals surface area contributed by atoms with E-state index in [1.807, 2.05) is 18.2 Å². The highest BCUT2D eigenvalue weighted by atomic mass is 32.1. The Morgan fingerprint density at radius 3 is 2.50 bits per heavy atom. The first-order valence-electron chi connectivity index (χ1n) is 4.82. The van der Waals surface area contributed by atoms with Gasteiger partial charge in [0.05, 0.1) is 4.99 Å². The monoisotopic (exact) mass is 208 g/mol. The van der Waals surface area contributed by atoms with E-state index in [1.165, 1.54) is 5.69 Å². The molecule has 0 amide bonds. The largest absolute Gasteiger partial charge is 0.393 e. The van der Waals surface area contributed by atoms with Crippen molar-refractivity contribution in [1.29, 1.82) is 0 Å². The molecule has 0 aliphatic carbocycles. The third-order valence-electron chi connectivity index (χ3n) is 2.13. The maximum absolute atomic E-state index is 5.48. The van der Waals surface area contributed by atoms with Gasteiger partial charge in [0, 0.05) is 25.2 Å². The number of anilines is 1. The topological polar surface area (TPSA) is 29.3 Å². The van der Waals surface area contributed by atoms with Crippen molar-refractivity contribution in [3.05, 3.63) is 30.3 Å². The highest BCUT2D eigenvalue weighted by molar-refractivity contribution is 7.80. The molecule has 0 aliphatic heterocycles. The van der Waals surface area contributed by atoms with E-state index in [9.17, 15) is 0 Å². The van der Waals surface area contributed by atoms with Gasteiger partial charge in [0.25, 0.3) is 0 Å². The molecule has 0 aliphatic rings. The van der Waals surface area contributed by atoms with Crippen molar-refractivity contribution in [2.24, 2.45) is 5.73 Å². The smallest absolute Gasteiger partial charge is 0.0745 e. The lowest BCUT2D eigenvalue weighted by molar-refractivity contribution is 0.837. The van der Waals surface area contributed by atoms with Crippen LogP contribution in [0.3, 0.4) is 0 Å². The molecule has 0 aromatic heterocycles. The Kier molecular flexibility index (Phi) is 4.40. The van der Waals surface area contributed by atoms with Gasteiger partial charge in [-0.05, 0) is 19.1 Å². The zero-order valence-corrected chi connectivity index (χ0v) is 9.26. The zero-order chi connectivity index (χ0) is 10.4. The Balaban J connectivity index is 2.58. The first-order chi connectivity index (χ1) is 6.74. The van der Waals surface area contributed by atoms with Crippen molar-refractivity contribution in [1.82, 2.24) is 0 Å². The second-order valence-electron chi connectivity index (χ2n) is 3.13. The highest BCUT2D eigenvalue weighted by Crippen LogP contribution is 2.12. The van der Waals surface area contributed by atoms with Crippen LogP contribution >= 0.6 is 12.2 Å². The van der Waals surface area contributed by atoms with Gasteiger partial charge in [0.15, 0.2) is 0 Å². The third-order valence-corrected chi connectivity index (χ3v) is 2.34. The van der Waals surface area contributed by atoms with Crippen LogP contribution in [0.4, 0.5) is 5.69 Å². The number of thiocarbonyl (C=S) groups is 1. The van der Waals surface area contributed by atoms with Crippen LogP contribution < -0.4 is 10.6 Å². The summed E-state index contributed by atoms with van der Waals surface area (Å²) in [7, 11) is 0. The lowest BCUT2D eigenvalue weighted by atomic mass is 10.2. The molecule has 0 spiro atoms. The molecule has 0 radical (unpaired) electrons. The van der Waals surface area contributed by atoms with Gasteiger partial charge in [-0.2, -0.15) is 0 Å². The lowest BCUT2D eigenvalue weighted by Crippen LogP contribution is -2.27. The number of nitrogens with zero attached hydrogens (tertiary/aromatic N) is 1. The minimum atomic E-state index is 0.583. The van der Waals surface area contributed by atoms with Crippen LogP contribution in [0.25, 0.3) is 0 Å². The molecule has 1 aromatic carbocycles. The Morgan fingerprint density at radius 2 is 2.00 bits per heavy atom. The normalized spacial score (nSPS) is 9.79. The number of rotatable bonds is 5. The van der Waals surface area contributed by atoms with Gasteiger partial charge in [0.1, 0.15) is 0 Å². The average molecular weight is 208 g/mol. The molecule has 1 aromatic rings. The van der Waals surface area contributed by atoms with Crippen LogP contribution in [-0.4, -0.2) is 18.1 Å². The first kappa shape index (κ1) is 11.0. The quantitative estimate of drug-likeness (QED) is 0.752. The van der Waals surface area contributed by atoms with Crippen molar-refractivity contribution in [3.8, 4) is 0 Å². The number of hydrogen-bond acceptors (Lipinski definition) is 2. The third kappa shape index (κ3) is 3.34. The fourth-order valence-electron chi connectivity index (χ4n) is 1.35. The minimum Gasteiger partial charge on any atom is -0.393 e. The van der Waals surface area contributed by atoms with E-state index in [0.29, 0.717) is 4.99 Å². The first-order valence-corrected chi connectivity index (χ1v) is 5.23. The summed E-state index contributed by atoms with van der Waals surface area (Å²) in [5, 5.41) is 0. The molecule has 76 valence electrons. The Morgan fingerprint density at radius 1 is 1.36 bits per heavy atom. The summed E-state index contributed by atoms with van der Waals surface area (Å²) in [5.74, 6) is 0. The molecule has 2 N–H and O–H groups in total. The van der Waals surface area contributed by atoms with Crippen molar-refractivity contribution in [2.45, 2.75) is 13.3 Å². The Bertz CT molecular complexity index is 285. The summed E-state index contributed by atoms with van der Waals surface area (Å²) in [6.07, 6.45) is 0.776. The van der Waals surface area contributed by atoms with Gasteiger partial charge >= 0.3 is 0 Å². The molecule has 14 heavy (non-hydrogen) atoms. The second kappa shape index (κ2) is 5.60. The van der Waals surface area contributed by atoms with Gasteiger partial charge in [-0.15, -0.1) is 0 Å². The van der Waals surface area contributed by atoms with Crippen LogP contribution in [0.5, 0.6) is 0 Å². The summed E-state index contributed by atoms with van der Waals surface area (Å²) in [4.78, 5) is 2.85. The van der Waals surface area contributed by atoms with E-state index in [2.05, 4.69) is 24.0 Å². The van der Waals surface area contributed by atoms with E-state index in [1.54, 1.807) is 0 Å². The van der Waals surface area contributed by atoms with Crippen LogP contribution in [0, 0.1) is 0 Å². The van der Waals surface area contributed by atoms with E-state index >= 15 is 0 Å². The SMILES string of the molecule is CCN(CCC(N)=S)c1ccccc1. The summed E-state index contributed by atoms with van der Waals surface area (Å²) >= 11 is 4.86. The van der Waals surface area contributed by atoms with Crippen molar-refractivity contribution >= 4 is 22.9 Å². The maximum Gasteiger partial charge on any atom is 0.0745 e. The fraction of sp³-hybridized carbons (Fsp3) is 0.364. The van der Waals surface area contributed by atoms with Gasteiger partial charge in [-0.1, -0.05) is 30.4 Å². The van der Waals surface area contributed by atoms with Crippen LogP contribution in [-0.2, 0) is 0 Å². The summed E-state index contributed by atoms with van der Waals surface area (Å²) in [6.45, 7) is 4.01. The molecule has 0 bridgehead atoms. The van der Waals surface area contributed by atoms with E-state index < -0.39 is 0 Å². The standard InChI is InChI=1S/C11H16N2S/c1-2-13(9-8-11(12)14)10-6-4-3-5-7-10/h3-7H,2,8-9H2,1H3,(H2,12,14). The van der Waals surface area contributed by atoms with E-state index in [0.717, 1.165) is 19.5 Å². The average Bonchev–Trinajstić information content (AvgIpc) is 2.20. The Labute approximate surface area is 90.7 Å². The molecule has 3 heteroatoms. The molecule has 0 heterocycles. The summed E-state index contributed by atoms with van der Waals surface area (Å²) < 4.78 is 0. The second-order valence-corrected chi connectivity index (χ2v) is 3.66. The number of para-hydroxylation sites is 1. The number of nitrogens with two attached hydrogens (primary N) is 1. The van der Waals surface area contributed by atoms with Crippen LogP contribution in [0.2, 0.25) is 0 Å². The molecule has 0 saturated carbocycles. The van der Waals surface area contributed by atoms with Gasteiger partial charge in [-0.3, -0.25) is 0 Å². The van der Waals surface area contributed by atoms with Gasteiger partial charge in [0.2, 0.25) is 0 Å². The van der Waals surface area contributed by atoms with Crippen molar-refractivity contribution < 1.29 is 0 Å². The molecule has 0 atom stereocenters. The van der Waals surface area contributed by atoms with Gasteiger partial charge < -0.3 is 10.6 Å². The van der Waals surface area contributed by atoms with Crippen LogP contribution in [0.15, 0.2) is 30.3 Å². The predicted molar refractivity (Wildman–Crippen MR) is 65.7 cm³/mol. The molecular formula is C11H16N2S. The molecule has 0 saturated heterocycles. The summed E-state index contributed by atoms with van der Waals surface area (Å²) in [5.41, 5.74) is 6.71. The van der Waals surface area contributed by atoms with Crippen molar-refractivity contribution in [3.63, 3.8) is 0 Å². The fourth-order valence-corrected chi connectivity index (χ4v) is 1.45. The molecule has 0 unspecified atom stereocenters. The van der Waals surface area contributed by atoms with Crippen LogP contribution in [0.1, 0.15) is 13.3 Å². The lowest BCUT2D eigenvalue weighted by Gasteiger charge is -2.22. The molecule has 0 fully saturated rings. The Hall–Kier alpha value is -1.09. The molecular weight excluding hydrogens is 192 g/mol. The number of hydrogen-bond donors (Lipinski definition) is 1. The van der Waals surface area contributed by atoms with E-state index in [-0.39, 0.29) is 0 Å². The van der Waals surface area contributed by atoms with Gasteiger partial charge in [-0.25, -0.2) is 0 Å².